The van der Waals surface area contributed by atoms with Gasteiger partial charge in [-0.3, -0.25) is 9.59 Å². The lowest BCUT2D eigenvalue weighted by Crippen LogP contribution is -2.24. The molecule has 3 rings (SSSR count). The molecule has 6 nitrogen and oxygen atoms in total. The van der Waals surface area contributed by atoms with Gasteiger partial charge in [0, 0.05) is 0 Å². The third-order valence-corrected chi connectivity index (χ3v) is 4.57. The van der Waals surface area contributed by atoms with Crippen LogP contribution in [-0.2, 0) is 20.9 Å². The Morgan fingerprint density at radius 1 is 1.08 bits per heavy atom. The van der Waals surface area contributed by atoms with Crippen LogP contribution >= 0.6 is 11.3 Å². The van der Waals surface area contributed by atoms with E-state index in [9.17, 15) is 9.59 Å². The Morgan fingerprint density at radius 3 is 2.58 bits per heavy atom. The molecule has 0 saturated carbocycles. The third kappa shape index (κ3) is 4.37. The summed E-state index contributed by atoms with van der Waals surface area (Å²) in [6, 6.07) is 16.7. The van der Waals surface area contributed by atoms with E-state index in [1.807, 2.05) is 42.5 Å². The van der Waals surface area contributed by atoms with Gasteiger partial charge in [-0.1, -0.05) is 41.7 Å². The van der Waals surface area contributed by atoms with Gasteiger partial charge in [0.15, 0.2) is 11.4 Å². The molecule has 0 radical (unpaired) electrons. The lowest BCUT2D eigenvalue weighted by Gasteiger charge is -2.05. The fraction of sp³-hybridized carbons (Fsp3) is 0.211. The molecule has 1 amide bonds. The molecule has 0 bridgehead atoms. The number of esters is 1. The van der Waals surface area contributed by atoms with Crippen molar-refractivity contribution in [2.75, 3.05) is 13.2 Å². The number of ether oxygens (including phenoxy) is 2. The molecule has 0 N–H and O–H groups in total. The van der Waals surface area contributed by atoms with Crippen LogP contribution in [0, 0.1) is 0 Å². The minimum Gasteiger partial charge on any atom is -0.484 e. The third-order valence-electron chi connectivity index (χ3n) is 3.51. The van der Waals surface area contributed by atoms with Gasteiger partial charge in [0.05, 0.1) is 16.8 Å². The molecule has 7 heteroatoms. The molecule has 0 atom stereocenters. The Balaban J connectivity index is 1.86. The molecular weight excluding hydrogens is 352 g/mol. The van der Waals surface area contributed by atoms with Crippen LogP contribution in [0.1, 0.15) is 6.92 Å². The zero-order valence-electron chi connectivity index (χ0n) is 14.3. The number of benzene rings is 2. The van der Waals surface area contributed by atoms with E-state index in [0.717, 1.165) is 10.2 Å². The first kappa shape index (κ1) is 17.9. The summed E-state index contributed by atoms with van der Waals surface area (Å²) >= 11 is 1.35. The highest BCUT2D eigenvalue weighted by molar-refractivity contribution is 7.16. The highest BCUT2D eigenvalue weighted by Gasteiger charge is 2.12. The molecule has 0 aliphatic heterocycles. The van der Waals surface area contributed by atoms with Crippen molar-refractivity contribution in [3.05, 3.63) is 59.4 Å². The van der Waals surface area contributed by atoms with Crippen LogP contribution in [0.2, 0.25) is 0 Å². The lowest BCUT2D eigenvalue weighted by molar-refractivity contribution is -0.143. The van der Waals surface area contributed by atoms with E-state index < -0.39 is 5.91 Å². The summed E-state index contributed by atoms with van der Waals surface area (Å²) < 4.78 is 13.1. The number of carbonyl (C=O) groups excluding carboxylic acids is 2. The van der Waals surface area contributed by atoms with Crippen molar-refractivity contribution < 1.29 is 19.1 Å². The van der Waals surface area contributed by atoms with E-state index in [0.29, 0.717) is 17.2 Å². The maximum Gasteiger partial charge on any atom is 0.326 e. The Kier molecular flexibility index (Phi) is 5.80. The molecular formula is C19H18N2O4S. The number of para-hydroxylation sites is 2. The average molecular weight is 370 g/mol. The van der Waals surface area contributed by atoms with Gasteiger partial charge in [-0.15, -0.1) is 0 Å². The largest absolute Gasteiger partial charge is 0.484 e. The molecule has 0 spiro atoms. The highest BCUT2D eigenvalue weighted by atomic mass is 32.1. The van der Waals surface area contributed by atoms with Crippen LogP contribution in [0.4, 0.5) is 0 Å². The smallest absolute Gasteiger partial charge is 0.326 e. The van der Waals surface area contributed by atoms with Crippen molar-refractivity contribution in [3.8, 4) is 5.75 Å². The highest BCUT2D eigenvalue weighted by Crippen LogP contribution is 2.16. The maximum atomic E-state index is 12.2. The van der Waals surface area contributed by atoms with E-state index in [4.69, 9.17) is 9.47 Å². The Morgan fingerprint density at radius 2 is 1.81 bits per heavy atom. The van der Waals surface area contributed by atoms with Crippen molar-refractivity contribution in [2.24, 2.45) is 4.99 Å². The molecule has 1 aromatic heterocycles. The summed E-state index contributed by atoms with van der Waals surface area (Å²) in [7, 11) is 0. The number of hydrogen-bond acceptors (Lipinski definition) is 5. The molecule has 0 saturated heterocycles. The molecule has 0 unspecified atom stereocenters. The van der Waals surface area contributed by atoms with Crippen molar-refractivity contribution in [1.29, 1.82) is 0 Å². The van der Waals surface area contributed by atoms with E-state index in [1.165, 1.54) is 11.3 Å². The SMILES string of the molecule is CCOC(=O)Cn1c(=NC(=O)COc2ccccc2)sc2ccccc21. The monoisotopic (exact) mass is 370 g/mol. The summed E-state index contributed by atoms with van der Waals surface area (Å²) in [5.41, 5.74) is 0.834. The second-order valence-electron chi connectivity index (χ2n) is 5.35. The van der Waals surface area contributed by atoms with E-state index >= 15 is 0 Å². The Labute approximate surface area is 154 Å². The van der Waals surface area contributed by atoms with Crippen LogP contribution in [0.25, 0.3) is 10.2 Å². The van der Waals surface area contributed by atoms with Gasteiger partial charge in [0.1, 0.15) is 12.3 Å². The molecule has 3 aromatic rings. The van der Waals surface area contributed by atoms with Crippen molar-refractivity contribution in [2.45, 2.75) is 13.5 Å². The fourth-order valence-electron chi connectivity index (χ4n) is 2.40. The van der Waals surface area contributed by atoms with Gasteiger partial charge in [-0.05, 0) is 31.2 Å². The normalized spacial score (nSPS) is 11.5. The molecule has 0 aliphatic carbocycles. The van der Waals surface area contributed by atoms with Gasteiger partial charge >= 0.3 is 5.97 Å². The second-order valence-corrected chi connectivity index (χ2v) is 6.36. The zero-order chi connectivity index (χ0) is 18.4. The maximum absolute atomic E-state index is 12.2. The minimum absolute atomic E-state index is 0.00348. The molecule has 26 heavy (non-hydrogen) atoms. The number of rotatable bonds is 6. The van der Waals surface area contributed by atoms with Crippen LogP contribution in [0.3, 0.4) is 0 Å². The van der Waals surface area contributed by atoms with Gasteiger partial charge in [-0.25, -0.2) is 0 Å². The summed E-state index contributed by atoms with van der Waals surface area (Å²) in [5, 5.41) is 0. The van der Waals surface area contributed by atoms with Crippen LogP contribution in [0.15, 0.2) is 59.6 Å². The van der Waals surface area contributed by atoms with Crippen LogP contribution in [0.5, 0.6) is 5.75 Å². The molecule has 2 aromatic carbocycles. The molecule has 1 heterocycles. The first-order valence-corrected chi connectivity index (χ1v) is 8.98. The number of nitrogens with zero attached hydrogens (tertiary/aromatic N) is 2. The Hall–Kier alpha value is -2.93. The number of hydrogen-bond donors (Lipinski definition) is 0. The number of carbonyl (C=O) groups is 2. The summed E-state index contributed by atoms with van der Waals surface area (Å²) in [6.07, 6.45) is 0. The average Bonchev–Trinajstić information content (AvgIpc) is 2.98. The predicted molar refractivity (Wildman–Crippen MR) is 99.0 cm³/mol. The predicted octanol–water partition coefficient (Wildman–Crippen LogP) is 2.77. The summed E-state index contributed by atoms with van der Waals surface area (Å²) in [6.45, 7) is 1.89. The summed E-state index contributed by atoms with van der Waals surface area (Å²) in [4.78, 5) is 28.7. The number of amides is 1. The number of aromatic nitrogens is 1. The minimum atomic E-state index is -0.419. The van der Waals surface area contributed by atoms with Crippen LogP contribution in [-0.4, -0.2) is 29.7 Å². The Bertz CT molecular complexity index is 976. The van der Waals surface area contributed by atoms with Crippen molar-refractivity contribution in [1.82, 2.24) is 4.57 Å². The first-order valence-electron chi connectivity index (χ1n) is 8.16. The molecule has 0 fully saturated rings. The summed E-state index contributed by atoms with van der Waals surface area (Å²) in [5.74, 6) is -0.185. The van der Waals surface area contributed by atoms with E-state index in [1.54, 1.807) is 23.6 Å². The van der Waals surface area contributed by atoms with Crippen molar-refractivity contribution >= 4 is 33.4 Å². The zero-order valence-corrected chi connectivity index (χ0v) is 15.1. The van der Waals surface area contributed by atoms with E-state index in [2.05, 4.69) is 4.99 Å². The quantitative estimate of drug-likeness (QED) is 0.626. The second kappa shape index (κ2) is 8.44. The first-order chi connectivity index (χ1) is 12.7. The van der Waals surface area contributed by atoms with Crippen molar-refractivity contribution in [3.63, 3.8) is 0 Å². The van der Waals surface area contributed by atoms with E-state index in [-0.39, 0.29) is 19.1 Å². The molecule has 0 aliphatic rings. The van der Waals surface area contributed by atoms with Gasteiger partial charge in [-0.2, -0.15) is 4.99 Å². The lowest BCUT2D eigenvalue weighted by atomic mass is 10.3. The molecule has 134 valence electrons. The fourth-order valence-corrected chi connectivity index (χ4v) is 3.44. The standard InChI is InChI=1S/C19H18N2O4S/c1-2-24-18(23)12-21-15-10-6-7-11-16(15)26-19(21)20-17(22)13-25-14-8-4-3-5-9-14/h3-11H,2,12-13H2,1H3. The number of thiazole rings is 1. The van der Waals surface area contributed by atoms with Gasteiger partial charge in [0.2, 0.25) is 0 Å². The number of fused-ring (bicyclic) bond motifs is 1. The van der Waals surface area contributed by atoms with Gasteiger partial charge < -0.3 is 14.0 Å². The van der Waals surface area contributed by atoms with Crippen LogP contribution < -0.4 is 9.54 Å². The topological polar surface area (TPSA) is 69.9 Å². The van der Waals surface area contributed by atoms with Gasteiger partial charge in [0.25, 0.3) is 5.91 Å².